The Hall–Kier alpha value is -1.45. The van der Waals surface area contributed by atoms with Crippen molar-refractivity contribution in [1.82, 2.24) is 0 Å². The van der Waals surface area contributed by atoms with E-state index in [1.807, 2.05) is 0 Å². The van der Waals surface area contributed by atoms with E-state index in [1.54, 1.807) is 13.8 Å². The van der Waals surface area contributed by atoms with Gasteiger partial charge < -0.3 is 9.84 Å². The molecule has 1 rings (SSSR count). The number of phenols is 1. The van der Waals surface area contributed by atoms with Gasteiger partial charge in [0.1, 0.15) is 19.2 Å². The number of esters is 1. The normalized spacial score (nSPS) is 9.93. The van der Waals surface area contributed by atoms with Gasteiger partial charge in [-0.25, -0.2) is 4.79 Å². The monoisotopic (exact) mass is 190 g/mol. The van der Waals surface area contributed by atoms with Crippen molar-refractivity contribution in [2.24, 2.45) is 0 Å². The van der Waals surface area contributed by atoms with Crippen LogP contribution in [0, 0.1) is 13.8 Å². The molecular formula is C10H11BO3. The van der Waals surface area contributed by atoms with Crippen molar-refractivity contribution in [2.45, 2.75) is 13.8 Å². The number of methoxy groups -OCH3 is 1. The first-order valence-corrected chi connectivity index (χ1v) is 4.16. The molecule has 0 spiro atoms. The van der Waals surface area contributed by atoms with Crippen molar-refractivity contribution in [3.8, 4) is 5.75 Å². The lowest BCUT2D eigenvalue weighted by atomic mass is 9.86. The molecular weight excluding hydrogens is 179 g/mol. The first kappa shape index (κ1) is 10.6. The highest BCUT2D eigenvalue weighted by molar-refractivity contribution is 6.34. The molecule has 0 aliphatic carbocycles. The van der Waals surface area contributed by atoms with Crippen molar-refractivity contribution in [1.29, 1.82) is 0 Å². The molecule has 0 unspecified atom stereocenters. The van der Waals surface area contributed by atoms with Gasteiger partial charge in [0.15, 0.2) is 0 Å². The van der Waals surface area contributed by atoms with Crippen LogP contribution in [0.4, 0.5) is 0 Å². The maximum absolute atomic E-state index is 11.2. The molecule has 72 valence electrons. The first-order chi connectivity index (χ1) is 6.49. The number of ether oxygens (including phenoxy) is 1. The minimum Gasteiger partial charge on any atom is -0.507 e. The fourth-order valence-corrected chi connectivity index (χ4v) is 1.19. The van der Waals surface area contributed by atoms with E-state index in [-0.39, 0.29) is 11.3 Å². The quantitative estimate of drug-likeness (QED) is 0.520. The summed E-state index contributed by atoms with van der Waals surface area (Å²) in [6, 6.07) is 1.42. The maximum atomic E-state index is 11.2. The van der Waals surface area contributed by atoms with Gasteiger partial charge in [0.25, 0.3) is 0 Å². The van der Waals surface area contributed by atoms with Gasteiger partial charge in [-0.2, -0.15) is 0 Å². The zero-order valence-corrected chi connectivity index (χ0v) is 8.42. The van der Waals surface area contributed by atoms with Crippen LogP contribution < -0.4 is 5.46 Å². The molecule has 0 atom stereocenters. The summed E-state index contributed by atoms with van der Waals surface area (Å²) in [5.41, 5.74) is 1.95. The fraction of sp³-hybridized carbons (Fsp3) is 0.300. The van der Waals surface area contributed by atoms with Crippen molar-refractivity contribution < 1.29 is 14.6 Å². The lowest BCUT2D eigenvalue weighted by molar-refractivity contribution is 0.0597. The van der Waals surface area contributed by atoms with Crippen LogP contribution in [0.25, 0.3) is 0 Å². The van der Waals surface area contributed by atoms with Crippen LogP contribution in [-0.2, 0) is 4.74 Å². The van der Waals surface area contributed by atoms with E-state index in [0.29, 0.717) is 11.0 Å². The summed E-state index contributed by atoms with van der Waals surface area (Å²) >= 11 is 0. The van der Waals surface area contributed by atoms with Crippen LogP contribution in [0.15, 0.2) is 6.07 Å². The summed E-state index contributed by atoms with van der Waals surface area (Å²) in [7, 11) is 6.92. The zero-order valence-electron chi connectivity index (χ0n) is 8.42. The van der Waals surface area contributed by atoms with E-state index in [4.69, 9.17) is 7.85 Å². The zero-order chi connectivity index (χ0) is 10.9. The standard InChI is InChI=1S/C10H11BO3/c1-5-6(2)9(12)7(4-8(5)11)10(13)14-3/h4,12H,1-3H3. The summed E-state index contributed by atoms with van der Waals surface area (Å²) in [6.45, 7) is 3.49. The van der Waals surface area contributed by atoms with Crippen LogP contribution in [-0.4, -0.2) is 26.0 Å². The van der Waals surface area contributed by atoms with Gasteiger partial charge in [0.05, 0.1) is 7.11 Å². The third-order valence-corrected chi connectivity index (χ3v) is 2.31. The largest absolute Gasteiger partial charge is 0.507 e. The Labute approximate surface area is 84.1 Å². The third-order valence-electron chi connectivity index (χ3n) is 2.31. The van der Waals surface area contributed by atoms with E-state index in [1.165, 1.54) is 13.2 Å². The number of phenolic OH excluding ortho intramolecular Hbond substituents is 1. The number of hydrogen-bond acceptors (Lipinski definition) is 3. The van der Waals surface area contributed by atoms with Gasteiger partial charge in [-0.15, -0.1) is 0 Å². The molecule has 4 heteroatoms. The van der Waals surface area contributed by atoms with E-state index in [0.717, 1.165) is 5.56 Å². The second-order valence-corrected chi connectivity index (χ2v) is 3.10. The molecule has 1 aromatic rings. The molecule has 0 heterocycles. The van der Waals surface area contributed by atoms with Crippen molar-refractivity contribution >= 4 is 19.3 Å². The fourth-order valence-electron chi connectivity index (χ4n) is 1.19. The van der Waals surface area contributed by atoms with Crippen LogP contribution in [0.3, 0.4) is 0 Å². The van der Waals surface area contributed by atoms with E-state index in [9.17, 15) is 9.90 Å². The summed E-state index contributed by atoms with van der Waals surface area (Å²) in [6.07, 6.45) is 0. The van der Waals surface area contributed by atoms with E-state index >= 15 is 0 Å². The summed E-state index contributed by atoms with van der Waals surface area (Å²) < 4.78 is 4.51. The Morgan fingerprint density at radius 1 is 1.43 bits per heavy atom. The van der Waals surface area contributed by atoms with Crippen LogP contribution >= 0.6 is 0 Å². The summed E-state index contributed by atoms with van der Waals surface area (Å²) in [5, 5.41) is 9.65. The maximum Gasteiger partial charge on any atom is 0.341 e. The molecule has 0 aliphatic rings. The smallest absolute Gasteiger partial charge is 0.341 e. The van der Waals surface area contributed by atoms with Gasteiger partial charge >= 0.3 is 5.97 Å². The molecule has 0 amide bonds. The van der Waals surface area contributed by atoms with Crippen LogP contribution in [0.1, 0.15) is 21.5 Å². The second-order valence-electron chi connectivity index (χ2n) is 3.10. The van der Waals surface area contributed by atoms with Gasteiger partial charge in [-0.1, -0.05) is 17.1 Å². The summed E-state index contributed by atoms with van der Waals surface area (Å²) in [4.78, 5) is 11.2. The van der Waals surface area contributed by atoms with E-state index < -0.39 is 5.97 Å². The Morgan fingerprint density at radius 3 is 2.50 bits per heavy atom. The first-order valence-electron chi connectivity index (χ1n) is 4.16. The number of benzene rings is 1. The highest BCUT2D eigenvalue weighted by Crippen LogP contribution is 2.23. The molecule has 0 aliphatic heterocycles. The van der Waals surface area contributed by atoms with Crippen molar-refractivity contribution in [3.63, 3.8) is 0 Å². The van der Waals surface area contributed by atoms with Crippen molar-refractivity contribution in [2.75, 3.05) is 7.11 Å². The van der Waals surface area contributed by atoms with Gasteiger partial charge in [0, 0.05) is 0 Å². The molecule has 0 saturated heterocycles. The lowest BCUT2D eigenvalue weighted by Gasteiger charge is -2.11. The van der Waals surface area contributed by atoms with E-state index in [2.05, 4.69) is 4.74 Å². The number of carbonyl (C=O) groups excluding carboxylic acids is 1. The third kappa shape index (κ3) is 1.60. The van der Waals surface area contributed by atoms with Crippen LogP contribution in [0.2, 0.25) is 0 Å². The Morgan fingerprint density at radius 2 is 2.00 bits per heavy atom. The van der Waals surface area contributed by atoms with Crippen LogP contribution in [0.5, 0.6) is 5.75 Å². The Balaban J connectivity index is 3.40. The topological polar surface area (TPSA) is 46.5 Å². The predicted octanol–water partition coefficient (Wildman–Crippen LogP) is 0.589. The minimum atomic E-state index is -0.586. The predicted molar refractivity (Wildman–Crippen MR) is 54.3 cm³/mol. The van der Waals surface area contributed by atoms with Gasteiger partial charge in [-0.05, 0) is 19.4 Å². The van der Waals surface area contributed by atoms with Gasteiger partial charge in [0.2, 0.25) is 0 Å². The van der Waals surface area contributed by atoms with Crippen molar-refractivity contribution in [3.05, 3.63) is 22.8 Å². The molecule has 1 N–H and O–H groups in total. The highest BCUT2D eigenvalue weighted by atomic mass is 16.5. The molecule has 0 aromatic heterocycles. The number of carbonyl (C=O) groups is 1. The Kier molecular flexibility index (Phi) is 2.84. The Bertz CT molecular complexity index is 385. The molecule has 3 nitrogen and oxygen atoms in total. The highest BCUT2D eigenvalue weighted by Gasteiger charge is 2.15. The molecule has 2 radical (unpaired) electrons. The van der Waals surface area contributed by atoms with Gasteiger partial charge in [-0.3, -0.25) is 0 Å². The molecule has 0 fully saturated rings. The molecule has 14 heavy (non-hydrogen) atoms. The SMILES string of the molecule is [B]c1cc(C(=O)OC)c(O)c(C)c1C. The average Bonchev–Trinajstić information content (AvgIpc) is 2.19. The number of rotatable bonds is 1. The molecule has 1 aromatic carbocycles. The molecule has 0 bridgehead atoms. The lowest BCUT2D eigenvalue weighted by Crippen LogP contribution is -2.14. The number of hydrogen-bond donors (Lipinski definition) is 1. The average molecular weight is 190 g/mol. The second kappa shape index (κ2) is 3.74. The number of aromatic hydroxyl groups is 1. The summed E-state index contributed by atoms with van der Waals surface area (Å²) in [5.74, 6) is -0.652. The minimum absolute atomic E-state index is 0.0662. The molecule has 0 saturated carbocycles.